The summed E-state index contributed by atoms with van der Waals surface area (Å²) in [6, 6.07) is 6.91. The fourth-order valence-corrected chi connectivity index (χ4v) is 3.62. The first-order chi connectivity index (χ1) is 11.4. The lowest BCUT2D eigenvalue weighted by Crippen LogP contribution is -2.17. The van der Waals surface area contributed by atoms with Crippen LogP contribution in [0.15, 0.2) is 29.1 Å². The van der Waals surface area contributed by atoms with Gasteiger partial charge >= 0.3 is 0 Å². The highest BCUT2D eigenvalue weighted by Crippen LogP contribution is 2.28. The number of amides is 1. The number of nitrogens with one attached hydrogen (secondary N) is 2. The third-order valence-corrected chi connectivity index (χ3v) is 4.96. The van der Waals surface area contributed by atoms with Gasteiger partial charge in [0.05, 0.1) is 10.3 Å². The van der Waals surface area contributed by atoms with Crippen LogP contribution >= 0.6 is 11.3 Å². The number of aromatic amines is 1. The summed E-state index contributed by atoms with van der Waals surface area (Å²) in [6.45, 7) is 3.22. The lowest BCUT2D eigenvalue weighted by molar-refractivity contribution is 0.0965. The standard InChI is InChI=1S/C17H15N3O3S/c1-8-12-15(22)19-14(11-6-4-5-10(7-11)9(2)21)20-17(12)24-13(8)16(23)18-3/h4-7H,1-3H3,(H,18,23)(H,19,20,22). The number of hydrogen-bond donors (Lipinski definition) is 2. The van der Waals surface area contributed by atoms with Crippen LogP contribution in [-0.2, 0) is 0 Å². The van der Waals surface area contributed by atoms with E-state index in [0.717, 1.165) is 0 Å². The molecule has 2 heterocycles. The average Bonchev–Trinajstić information content (AvgIpc) is 2.91. The second kappa shape index (κ2) is 6.01. The van der Waals surface area contributed by atoms with E-state index in [2.05, 4.69) is 15.3 Å². The smallest absolute Gasteiger partial charge is 0.261 e. The molecule has 0 aliphatic rings. The zero-order valence-corrected chi connectivity index (χ0v) is 14.2. The fourth-order valence-electron chi connectivity index (χ4n) is 2.50. The Hall–Kier alpha value is -2.80. The van der Waals surface area contributed by atoms with E-state index in [-0.39, 0.29) is 17.2 Å². The molecular formula is C17H15N3O3S. The van der Waals surface area contributed by atoms with Gasteiger partial charge in [-0.25, -0.2) is 4.98 Å². The number of aromatic nitrogens is 2. The Balaban J connectivity index is 2.22. The van der Waals surface area contributed by atoms with E-state index >= 15 is 0 Å². The van der Waals surface area contributed by atoms with Crippen LogP contribution in [0.3, 0.4) is 0 Å². The fraction of sp³-hybridized carbons (Fsp3) is 0.176. The Morgan fingerprint density at radius 1 is 1.29 bits per heavy atom. The Morgan fingerprint density at radius 2 is 2.04 bits per heavy atom. The monoisotopic (exact) mass is 341 g/mol. The van der Waals surface area contributed by atoms with Gasteiger partial charge in [-0.3, -0.25) is 14.4 Å². The van der Waals surface area contributed by atoms with Gasteiger partial charge in [0.2, 0.25) is 0 Å². The number of thiophene rings is 1. The van der Waals surface area contributed by atoms with Crippen molar-refractivity contribution in [3.63, 3.8) is 0 Å². The zero-order chi connectivity index (χ0) is 17.4. The molecule has 6 nitrogen and oxygen atoms in total. The molecule has 0 spiro atoms. The van der Waals surface area contributed by atoms with Crippen molar-refractivity contribution in [3.05, 3.63) is 50.6 Å². The molecule has 0 fully saturated rings. The van der Waals surface area contributed by atoms with Crippen molar-refractivity contribution in [1.29, 1.82) is 0 Å². The number of H-pyrrole nitrogens is 1. The number of carbonyl (C=O) groups excluding carboxylic acids is 2. The minimum Gasteiger partial charge on any atom is -0.354 e. The molecular weight excluding hydrogens is 326 g/mol. The molecule has 0 atom stereocenters. The van der Waals surface area contributed by atoms with E-state index in [1.807, 2.05) is 0 Å². The second-order valence-corrected chi connectivity index (χ2v) is 6.37. The molecule has 0 aliphatic carbocycles. The van der Waals surface area contributed by atoms with Crippen LogP contribution in [0.1, 0.15) is 32.5 Å². The minimum atomic E-state index is -0.299. The number of benzene rings is 1. The van der Waals surface area contributed by atoms with Crippen LogP contribution in [0.4, 0.5) is 0 Å². The molecule has 0 aliphatic heterocycles. The van der Waals surface area contributed by atoms with Gasteiger partial charge in [0.25, 0.3) is 11.5 Å². The highest BCUT2D eigenvalue weighted by Gasteiger charge is 2.19. The van der Waals surface area contributed by atoms with Gasteiger partial charge in [-0.15, -0.1) is 11.3 Å². The van der Waals surface area contributed by atoms with Crippen molar-refractivity contribution in [2.75, 3.05) is 7.05 Å². The van der Waals surface area contributed by atoms with Crippen molar-refractivity contribution in [2.24, 2.45) is 0 Å². The summed E-state index contributed by atoms with van der Waals surface area (Å²) in [6.07, 6.45) is 0. The van der Waals surface area contributed by atoms with Crippen molar-refractivity contribution in [1.82, 2.24) is 15.3 Å². The maximum absolute atomic E-state index is 12.4. The Labute approximate surface area is 141 Å². The molecule has 0 saturated heterocycles. The largest absolute Gasteiger partial charge is 0.354 e. The molecule has 1 amide bonds. The molecule has 1 aromatic carbocycles. The topological polar surface area (TPSA) is 91.9 Å². The Morgan fingerprint density at radius 3 is 2.71 bits per heavy atom. The van der Waals surface area contributed by atoms with E-state index in [9.17, 15) is 14.4 Å². The molecule has 0 radical (unpaired) electrons. The highest BCUT2D eigenvalue weighted by molar-refractivity contribution is 7.20. The van der Waals surface area contributed by atoms with Crippen molar-refractivity contribution in [3.8, 4) is 11.4 Å². The third kappa shape index (κ3) is 2.63. The second-order valence-electron chi connectivity index (χ2n) is 5.37. The predicted molar refractivity (Wildman–Crippen MR) is 93.8 cm³/mol. The molecule has 7 heteroatoms. The molecule has 24 heavy (non-hydrogen) atoms. The van der Waals surface area contributed by atoms with E-state index in [4.69, 9.17) is 0 Å². The van der Waals surface area contributed by atoms with Crippen LogP contribution in [0.25, 0.3) is 21.6 Å². The number of aryl methyl sites for hydroxylation is 1. The zero-order valence-electron chi connectivity index (χ0n) is 13.4. The van der Waals surface area contributed by atoms with Crippen molar-refractivity contribution >= 4 is 33.2 Å². The first-order valence-corrected chi connectivity index (χ1v) is 8.11. The van der Waals surface area contributed by atoms with Gasteiger partial charge in [-0.05, 0) is 25.5 Å². The number of hydrogen-bond acceptors (Lipinski definition) is 5. The Kier molecular flexibility index (Phi) is 4.02. The third-order valence-electron chi connectivity index (χ3n) is 3.78. The number of ketones is 1. The van der Waals surface area contributed by atoms with Crippen LogP contribution in [0.2, 0.25) is 0 Å². The summed E-state index contributed by atoms with van der Waals surface area (Å²) in [5, 5.41) is 2.98. The molecule has 2 N–H and O–H groups in total. The van der Waals surface area contributed by atoms with E-state index in [0.29, 0.717) is 37.6 Å². The van der Waals surface area contributed by atoms with Crippen molar-refractivity contribution in [2.45, 2.75) is 13.8 Å². The van der Waals surface area contributed by atoms with E-state index in [1.54, 1.807) is 38.2 Å². The maximum atomic E-state index is 12.4. The van der Waals surface area contributed by atoms with Gasteiger partial charge in [0.1, 0.15) is 10.7 Å². The van der Waals surface area contributed by atoms with E-state index in [1.165, 1.54) is 18.3 Å². The van der Waals surface area contributed by atoms with E-state index < -0.39 is 0 Å². The lowest BCUT2D eigenvalue weighted by atomic mass is 10.1. The van der Waals surface area contributed by atoms with Crippen LogP contribution in [0.5, 0.6) is 0 Å². The normalized spacial score (nSPS) is 10.8. The number of carbonyl (C=O) groups is 2. The SMILES string of the molecule is CNC(=O)c1sc2nc(-c3cccc(C(C)=O)c3)[nH]c(=O)c2c1C. The van der Waals surface area contributed by atoms with Gasteiger partial charge in [0.15, 0.2) is 5.78 Å². The van der Waals surface area contributed by atoms with Crippen molar-refractivity contribution < 1.29 is 9.59 Å². The minimum absolute atomic E-state index is 0.0610. The average molecular weight is 341 g/mol. The molecule has 0 unspecified atom stereocenters. The number of Topliss-reactive ketones (excluding diaryl/α,β-unsaturated/α-hetero) is 1. The van der Waals surface area contributed by atoms with Gasteiger partial charge in [0, 0.05) is 18.2 Å². The molecule has 0 saturated carbocycles. The summed E-state index contributed by atoms with van der Waals surface area (Å²) in [5.41, 5.74) is 1.51. The van der Waals surface area contributed by atoms with Crippen LogP contribution in [0, 0.1) is 6.92 Å². The number of fused-ring (bicyclic) bond motifs is 1. The Bertz CT molecular complexity index is 1030. The summed E-state index contributed by atoms with van der Waals surface area (Å²) in [4.78, 5) is 44.1. The molecule has 3 rings (SSSR count). The molecule has 3 aromatic rings. The molecule has 122 valence electrons. The number of rotatable bonds is 3. The summed E-state index contributed by atoms with van der Waals surface area (Å²) in [5.74, 6) is 0.0736. The quantitative estimate of drug-likeness (QED) is 0.716. The molecule has 0 bridgehead atoms. The summed E-state index contributed by atoms with van der Waals surface area (Å²) in [7, 11) is 1.54. The predicted octanol–water partition coefficient (Wildman–Crippen LogP) is 2.52. The van der Waals surface area contributed by atoms with Gasteiger partial charge < -0.3 is 10.3 Å². The lowest BCUT2D eigenvalue weighted by Gasteiger charge is -2.03. The first kappa shape index (κ1) is 16.1. The first-order valence-electron chi connectivity index (χ1n) is 7.29. The molecule has 2 aromatic heterocycles. The number of nitrogens with zero attached hydrogens (tertiary/aromatic N) is 1. The van der Waals surface area contributed by atoms with Crippen LogP contribution < -0.4 is 10.9 Å². The summed E-state index contributed by atoms with van der Waals surface area (Å²) < 4.78 is 0. The highest BCUT2D eigenvalue weighted by atomic mass is 32.1. The van der Waals surface area contributed by atoms with Crippen LogP contribution in [-0.4, -0.2) is 28.7 Å². The van der Waals surface area contributed by atoms with Gasteiger partial charge in [-0.2, -0.15) is 0 Å². The summed E-state index contributed by atoms with van der Waals surface area (Å²) >= 11 is 1.18. The maximum Gasteiger partial charge on any atom is 0.261 e. The van der Waals surface area contributed by atoms with Gasteiger partial charge in [-0.1, -0.05) is 18.2 Å².